The van der Waals surface area contributed by atoms with Crippen LogP contribution in [-0.2, 0) is 0 Å². The zero-order valence-corrected chi connectivity index (χ0v) is 8.07. The monoisotopic (exact) mass is 205 g/mol. The molecule has 0 spiro atoms. The number of nitrogens with zero attached hydrogens (tertiary/aromatic N) is 2. The third-order valence-corrected chi connectivity index (χ3v) is 1.96. The van der Waals surface area contributed by atoms with Crippen molar-refractivity contribution >= 4 is 17.4 Å². The van der Waals surface area contributed by atoms with Gasteiger partial charge in [0, 0.05) is 0 Å². The molecule has 2 aromatic rings. The number of rotatable bonds is 1. The minimum atomic E-state index is 0.451. The van der Waals surface area contributed by atoms with E-state index < -0.39 is 0 Å². The second-order valence-corrected chi connectivity index (χ2v) is 3.18. The number of aromatic nitrogens is 2. The maximum atomic E-state index is 5.76. The Balaban J connectivity index is 2.49. The number of hydrogen-bond donors (Lipinski definition) is 1. The van der Waals surface area contributed by atoms with Gasteiger partial charge in [0.25, 0.3) is 0 Å². The van der Waals surface area contributed by atoms with Crippen molar-refractivity contribution < 1.29 is 0 Å². The van der Waals surface area contributed by atoms with Crippen LogP contribution in [-0.4, -0.2) is 9.97 Å². The standard InChI is InChI=1S/C10H8ClN3/c11-9-5-1-3-7(13-9)8-4-2-6-10(12)14-8/h1-6H,(H2,12,14). The van der Waals surface area contributed by atoms with Crippen LogP contribution in [0.3, 0.4) is 0 Å². The van der Waals surface area contributed by atoms with Crippen molar-refractivity contribution in [2.24, 2.45) is 0 Å². The Hall–Kier alpha value is -1.61. The lowest BCUT2D eigenvalue weighted by Crippen LogP contribution is -1.92. The fourth-order valence-corrected chi connectivity index (χ4v) is 1.31. The van der Waals surface area contributed by atoms with Gasteiger partial charge in [0.05, 0.1) is 11.4 Å². The van der Waals surface area contributed by atoms with Crippen molar-refractivity contribution in [2.45, 2.75) is 0 Å². The van der Waals surface area contributed by atoms with Crippen LogP contribution in [0.15, 0.2) is 36.4 Å². The van der Waals surface area contributed by atoms with Gasteiger partial charge in [-0.2, -0.15) is 0 Å². The molecule has 0 aromatic carbocycles. The minimum absolute atomic E-state index is 0.451. The molecule has 0 saturated heterocycles. The minimum Gasteiger partial charge on any atom is -0.384 e. The van der Waals surface area contributed by atoms with Crippen LogP contribution in [0.1, 0.15) is 0 Å². The van der Waals surface area contributed by atoms with Gasteiger partial charge in [-0.3, -0.25) is 0 Å². The highest BCUT2D eigenvalue weighted by molar-refractivity contribution is 6.29. The predicted octanol–water partition coefficient (Wildman–Crippen LogP) is 2.38. The molecule has 0 radical (unpaired) electrons. The molecule has 70 valence electrons. The first-order valence-electron chi connectivity index (χ1n) is 4.11. The fraction of sp³-hybridized carbons (Fsp3) is 0. The van der Waals surface area contributed by atoms with Crippen molar-refractivity contribution in [3.63, 3.8) is 0 Å². The number of nitrogens with two attached hydrogens (primary N) is 1. The molecule has 14 heavy (non-hydrogen) atoms. The maximum Gasteiger partial charge on any atom is 0.129 e. The van der Waals surface area contributed by atoms with Crippen LogP contribution in [0.5, 0.6) is 0 Å². The first-order chi connectivity index (χ1) is 6.75. The summed E-state index contributed by atoms with van der Waals surface area (Å²) in [6.45, 7) is 0. The lowest BCUT2D eigenvalue weighted by molar-refractivity contribution is 1.25. The van der Waals surface area contributed by atoms with Crippen molar-refractivity contribution in [2.75, 3.05) is 5.73 Å². The van der Waals surface area contributed by atoms with E-state index in [1.54, 1.807) is 12.1 Å². The molecule has 0 aliphatic heterocycles. The average Bonchev–Trinajstić information content (AvgIpc) is 2.18. The summed E-state index contributed by atoms with van der Waals surface area (Å²) in [6, 6.07) is 10.8. The molecule has 4 heteroatoms. The second-order valence-electron chi connectivity index (χ2n) is 2.79. The fourth-order valence-electron chi connectivity index (χ4n) is 1.15. The van der Waals surface area contributed by atoms with E-state index in [-0.39, 0.29) is 0 Å². The Morgan fingerprint density at radius 3 is 2.21 bits per heavy atom. The summed E-state index contributed by atoms with van der Waals surface area (Å²) in [5, 5.41) is 0.451. The van der Waals surface area contributed by atoms with Gasteiger partial charge in [-0.1, -0.05) is 23.7 Å². The SMILES string of the molecule is Nc1cccc(-c2cccc(Cl)n2)n1. The summed E-state index contributed by atoms with van der Waals surface area (Å²) >= 11 is 5.76. The van der Waals surface area contributed by atoms with E-state index in [4.69, 9.17) is 17.3 Å². The van der Waals surface area contributed by atoms with E-state index >= 15 is 0 Å². The molecular weight excluding hydrogens is 198 g/mol. The first-order valence-corrected chi connectivity index (χ1v) is 4.49. The molecular formula is C10H8ClN3. The van der Waals surface area contributed by atoms with Crippen LogP contribution >= 0.6 is 11.6 Å². The van der Waals surface area contributed by atoms with Gasteiger partial charge < -0.3 is 5.73 Å². The van der Waals surface area contributed by atoms with Crippen LogP contribution in [0.4, 0.5) is 5.82 Å². The number of nitrogen functional groups attached to an aromatic ring is 1. The topological polar surface area (TPSA) is 51.8 Å². The molecule has 0 fully saturated rings. The number of pyridine rings is 2. The first kappa shape index (κ1) is 8.97. The van der Waals surface area contributed by atoms with Gasteiger partial charge in [-0.25, -0.2) is 9.97 Å². The van der Waals surface area contributed by atoms with Gasteiger partial charge in [0.2, 0.25) is 0 Å². The quantitative estimate of drug-likeness (QED) is 0.728. The van der Waals surface area contributed by atoms with Crippen molar-refractivity contribution in [3.05, 3.63) is 41.6 Å². The summed E-state index contributed by atoms with van der Waals surface area (Å²) in [4.78, 5) is 8.27. The van der Waals surface area contributed by atoms with Crippen molar-refractivity contribution in [3.8, 4) is 11.4 Å². The summed E-state index contributed by atoms with van der Waals surface area (Å²) in [5.41, 5.74) is 7.02. The molecule has 0 unspecified atom stereocenters. The van der Waals surface area contributed by atoms with Crippen molar-refractivity contribution in [1.29, 1.82) is 0 Å². The maximum absolute atomic E-state index is 5.76. The Morgan fingerprint density at radius 2 is 1.57 bits per heavy atom. The van der Waals surface area contributed by atoms with E-state index in [0.29, 0.717) is 11.0 Å². The number of halogens is 1. The predicted molar refractivity (Wildman–Crippen MR) is 56.9 cm³/mol. The molecule has 0 saturated carbocycles. The average molecular weight is 206 g/mol. The van der Waals surface area contributed by atoms with Gasteiger partial charge >= 0.3 is 0 Å². The van der Waals surface area contributed by atoms with Crippen molar-refractivity contribution in [1.82, 2.24) is 9.97 Å². The molecule has 0 atom stereocenters. The van der Waals surface area contributed by atoms with E-state index in [1.807, 2.05) is 24.3 Å². The van der Waals surface area contributed by atoms with Crippen LogP contribution in [0, 0.1) is 0 Å². The molecule has 2 N–H and O–H groups in total. The molecule has 0 aliphatic rings. The Kier molecular flexibility index (Phi) is 2.33. The highest BCUT2D eigenvalue weighted by Crippen LogP contribution is 2.17. The lowest BCUT2D eigenvalue weighted by atomic mass is 10.2. The molecule has 0 bridgehead atoms. The normalized spacial score (nSPS) is 10.1. The molecule has 3 nitrogen and oxygen atoms in total. The van der Waals surface area contributed by atoms with Gasteiger partial charge in [-0.05, 0) is 24.3 Å². The van der Waals surface area contributed by atoms with Gasteiger partial charge in [0.1, 0.15) is 11.0 Å². The Morgan fingerprint density at radius 1 is 0.929 bits per heavy atom. The zero-order valence-electron chi connectivity index (χ0n) is 7.31. The van der Waals surface area contributed by atoms with E-state index in [9.17, 15) is 0 Å². The Labute approximate surface area is 86.6 Å². The zero-order chi connectivity index (χ0) is 9.97. The second kappa shape index (κ2) is 3.64. The smallest absolute Gasteiger partial charge is 0.129 e. The highest BCUT2D eigenvalue weighted by Gasteiger charge is 2.00. The molecule has 2 rings (SSSR count). The highest BCUT2D eigenvalue weighted by atomic mass is 35.5. The molecule has 0 amide bonds. The largest absolute Gasteiger partial charge is 0.384 e. The summed E-state index contributed by atoms with van der Waals surface area (Å²) in [7, 11) is 0. The molecule has 2 heterocycles. The van der Waals surface area contributed by atoms with Crippen LogP contribution < -0.4 is 5.73 Å². The summed E-state index contributed by atoms with van der Waals surface area (Å²) < 4.78 is 0. The van der Waals surface area contributed by atoms with Gasteiger partial charge in [-0.15, -0.1) is 0 Å². The van der Waals surface area contributed by atoms with Crippen LogP contribution in [0.25, 0.3) is 11.4 Å². The number of anilines is 1. The van der Waals surface area contributed by atoms with E-state index in [2.05, 4.69) is 9.97 Å². The summed E-state index contributed by atoms with van der Waals surface area (Å²) in [5.74, 6) is 0.476. The Bertz CT molecular complexity index is 413. The van der Waals surface area contributed by atoms with Gasteiger partial charge in [0.15, 0.2) is 0 Å². The molecule has 0 aliphatic carbocycles. The lowest BCUT2D eigenvalue weighted by Gasteiger charge is -2.00. The van der Waals surface area contributed by atoms with E-state index in [0.717, 1.165) is 11.4 Å². The third-order valence-electron chi connectivity index (χ3n) is 1.75. The summed E-state index contributed by atoms with van der Waals surface area (Å²) in [6.07, 6.45) is 0. The van der Waals surface area contributed by atoms with Crippen LogP contribution in [0.2, 0.25) is 5.15 Å². The third kappa shape index (κ3) is 1.83. The molecule has 2 aromatic heterocycles. The van der Waals surface area contributed by atoms with E-state index in [1.165, 1.54) is 0 Å². The number of hydrogen-bond acceptors (Lipinski definition) is 3.